The molecule has 0 N–H and O–H groups in total. The van der Waals surface area contributed by atoms with Crippen molar-refractivity contribution in [1.29, 1.82) is 0 Å². The highest BCUT2D eigenvalue weighted by Crippen LogP contribution is 2.10. The second kappa shape index (κ2) is 8.46. The maximum absolute atomic E-state index is 12.4. The molecule has 0 aliphatic heterocycles. The lowest BCUT2D eigenvalue weighted by Crippen LogP contribution is -2.43. The summed E-state index contributed by atoms with van der Waals surface area (Å²) in [4.78, 5) is 38.9. The molecule has 0 saturated heterocycles. The maximum Gasteiger partial charge on any atom is 0.320 e. The summed E-state index contributed by atoms with van der Waals surface area (Å²) in [6.45, 7) is 7.00. The number of nitrogens with zero attached hydrogens (tertiary/aromatic N) is 3. The van der Waals surface area contributed by atoms with E-state index in [1.165, 1.54) is 15.3 Å². The second-order valence-electron chi connectivity index (χ2n) is 6.02. The van der Waals surface area contributed by atoms with Crippen LogP contribution in [0.2, 0.25) is 0 Å². The van der Waals surface area contributed by atoms with Gasteiger partial charge in [0.1, 0.15) is 6.54 Å². The molecule has 25 heavy (non-hydrogen) atoms. The zero-order valence-electron chi connectivity index (χ0n) is 15.1. The summed E-state index contributed by atoms with van der Waals surface area (Å²) in [7, 11) is 0. The van der Waals surface area contributed by atoms with Crippen LogP contribution in [-0.2, 0) is 11.3 Å². The predicted octanol–water partition coefficient (Wildman–Crippen LogP) is 1.96. The van der Waals surface area contributed by atoms with Crippen LogP contribution < -0.4 is 11.1 Å². The Balaban J connectivity index is 2.29. The molecular formula is C19H25N3O3. The number of unbranched alkanes of at least 4 members (excludes halogenated alkanes) is 1. The van der Waals surface area contributed by atoms with Gasteiger partial charge in [0.15, 0.2) is 0 Å². The van der Waals surface area contributed by atoms with Crippen LogP contribution in [0.4, 0.5) is 0 Å². The molecule has 1 heterocycles. The molecule has 0 bridgehead atoms. The standard InChI is InChI=1S/C19H25N3O3/c1-4-6-11-20(5-2)17(23)14-21-12-13-22(19(25)18(21)24)16-10-8-7-9-15(16)3/h7-10,12-13H,4-6,11,14H2,1-3H3. The number of para-hydroxylation sites is 1. The van der Waals surface area contributed by atoms with Crippen molar-refractivity contribution in [2.45, 2.75) is 40.2 Å². The van der Waals surface area contributed by atoms with Crippen molar-refractivity contribution in [1.82, 2.24) is 14.0 Å². The lowest BCUT2D eigenvalue weighted by molar-refractivity contribution is -0.131. The molecule has 0 radical (unpaired) electrons. The van der Waals surface area contributed by atoms with E-state index in [0.717, 1.165) is 18.4 Å². The van der Waals surface area contributed by atoms with Crippen LogP contribution in [0.15, 0.2) is 46.2 Å². The topological polar surface area (TPSA) is 64.3 Å². The highest BCUT2D eigenvalue weighted by Gasteiger charge is 2.14. The fourth-order valence-electron chi connectivity index (χ4n) is 2.71. The fourth-order valence-corrected chi connectivity index (χ4v) is 2.71. The summed E-state index contributed by atoms with van der Waals surface area (Å²) in [5.41, 5.74) is 0.225. The van der Waals surface area contributed by atoms with Crippen LogP contribution in [0.1, 0.15) is 32.3 Å². The van der Waals surface area contributed by atoms with Crippen LogP contribution in [-0.4, -0.2) is 33.0 Å². The molecule has 2 rings (SSSR count). The molecule has 0 fully saturated rings. The Morgan fingerprint density at radius 2 is 1.80 bits per heavy atom. The highest BCUT2D eigenvalue weighted by molar-refractivity contribution is 5.75. The van der Waals surface area contributed by atoms with Crippen molar-refractivity contribution in [3.8, 4) is 5.69 Å². The van der Waals surface area contributed by atoms with Crippen molar-refractivity contribution >= 4 is 5.91 Å². The average Bonchev–Trinajstić information content (AvgIpc) is 2.61. The van der Waals surface area contributed by atoms with Crippen LogP contribution in [0.5, 0.6) is 0 Å². The quantitative estimate of drug-likeness (QED) is 0.722. The normalized spacial score (nSPS) is 10.7. The SMILES string of the molecule is CCCCN(CC)C(=O)Cn1ccn(-c2ccccc2C)c(=O)c1=O. The number of likely N-dealkylation sites (N-methyl/N-ethyl adjacent to an activating group) is 1. The molecule has 134 valence electrons. The Morgan fingerprint density at radius 1 is 1.08 bits per heavy atom. The fraction of sp³-hybridized carbons (Fsp3) is 0.421. The van der Waals surface area contributed by atoms with Gasteiger partial charge in [-0.25, -0.2) is 0 Å². The molecule has 1 amide bonds. The number of carbonyl (C=O) groups excluding carboxylic acids is 1. The predicted molar refractivity (Wildman–Crippen MR) is 98.2 cm³/mol. The molecule has 0 atom stereocenters. The first kappa shape index (κ1) is 18.7. The number of rotatable bonds is 7. The first-order valence-electron chi connectivity index (χ1n) is 8.65. The molecular weight excluding hydrogens is 318 g/mol. The summed E-state index contributed by atoms with van der Waals surface area (Å²) in [5, 5.41) is 0. The Labute approximate surface area is 147 Å². The summed E-state index contributed by atoms with van der Waals surface area (Å²) >= 11 is 0. The lowest BCUT2D eigenvalue weighted by Gasteiger charge is -2.21. The molecule has 6 heteroatoms. The third kappa shape index (κ3) is 4.26. The number of carbonyl (C=O) groups is 1. The molecule has 0 saturated carbocycles. The molecule has 1 aromatic carbocycles. The second-order valence-corrected chi connectivity index (χ2v) is 6.02. The van der Waals surface area contributed by atoms with Gasteiger partial charge in [0.25, 0.3) is 0 Å². The van der Waals surface area contributed by atoms with E-state index in [0.29, 0.717) is 18.8 Å². The number of hydrogen-bond donors (Lipinski definition) is 0. The number of hydrogen-bond acceptors (Lipinski definition) is 3. The van der Waals surface area contributed by atoms with Gasteiger partial charge >= 0.3 is 11.1 Å². The van der Waals surface area contributed by atoms with E-state index in [4.69, 9.17) is 0 Å². The van der Waals surface area contributed by atoms with Gasteiger partial charge in [-0.15, -0.1) is 0 Å². The van der Waals surface area contributed by atoms with E-state index in [1.54, 1.807) is 17.2 Å². The van der Waals surface area contributed by atoms with E-state index in [9.17, 15) is 14.4 Å². The Morgan fingerprint density at radius 3 is 2.44 bits per heavy atom. The van der Waals surface area contributed by atoms with Gasteiger partial charge in [0.2, 0.25) is 5.91 Å². The lowest BCUT2D eigenvalue weighted by atomic mass is 10.2. The van der Waals surface area contributed by atoms with Crippen LogP contribution in [0.3, 0.4) is 0 Å². The summed E-state index contributed by atoms with van der Waals surface area (Å²) in [6.07, 6.45) is 4.96. The first-order chi connectivity index (χ1) is 12.0. The van der Waals surface area contributed by atoms with Gasteiger partial charge in [-0.05, 0) is 31.9 Å². The van der Waals surface area contributed by atoms with Gasteiger partial charge in [0.05, 0.1) is 5.69 Å². The molecule has 0 unspecified atom stereocenters. The van der Waals surface area contributed by atoms with E-state index >= 15 is 0 Å². The van der Waals surface area contributed by atoms with Gasteiger partial charge in [-0.2, -0.15) is 0 Å². The minimum Gasteiger partial charge on any atom is -0.341 e. The Hall–Kier alpha value is -2.63. The van der Waals surface area contributed by atoms with Gasteiger partial charge in [-0.3, -0.25) is 23.5 Å². The zero-order chi connectivity index (χ0) is 18.4. The third-order valence-corrected chi connectivity index (χ3v) is 4.25. The molecule has 2 aromatic rings. The van der Waals surface area contributed by atoms with E-state index < -0.39 is 11.1 Å². The van der Waals surface area contributed by atoms with Crippen molar-refractivity contribution < 1.29 is 4.79 Å². The Kier molecular flexibility index (Phi) is 6.33. The molecule has 6 nitrogen and oxygen atoms in total. The molecule has 0 aliphatic rings. The average molecular weight is 343 g/mol. The molecule has 0 aliphatic carbocycles. The number of aryl methyl sites for hydroxylation is 1. The monoisotopic (exact) mass is 343 g/mol. The van der Waals surface area contributed by atoms with Crippen LogP contribution in [0, 0.1) is 6.92 Å². The number of benzene rings is 1. The molecule has 0 spiro atoms. The van der Waals surface area contributed by atoms with Gasteiger partial charge < -0.3 is 4.90 Å². The largest absolute Gasteiger partial charge is 0.341 e. The van der Waals surface area contributed by atoms with Crippen molar-refractivity contribution in [3.05, 3.63) is 62.9 Å². The maximum atomic E-state index is 12.4. The van der Waals surface area contributed by atoms with E-state index in [2.05, 4.69) is 6.92 Å². The van der Waals surface area contributed by atoms with E-state index in [1.807, 2.05) is 32.0 Å². The summed E-state index contributed by atoms with van der Waals surface area (Å²) in [5.74, 6) is -0.147. The third-order valence-electron chi connectivity index (χ3n) is 4.25. The van der Waals surface area contributed by atoms with Crippen LogP contribution in [0.25, 0.3) is 5.69 Å². The van der Waals surface area contributed by atoms with Crippen LogP contribution >= 0.6 is 0 Å². The van der Waals surface area contributed by atoms with Crippen molar-refractivity contribution in [3.63, 3.8) is 0 Å². The number of aromatic nitrogens is 2. The summed E-state index contributed by atoms with van der Waals surface area (Å²) in [6, 6.07) is 7.36. The molecule has 1 aromatic heterocycles. The minimum absolute atomic E-state index is 0.111. The number of amides is 1. The zero-order valence-corrected chi connectivity index (χ0v) is 15.1. The van der Waals surface area contributed by atoms with Gasteiger partial charge in [-0.1, -0.05) is 31.5 Å². The minimum atomic E-state index is -0.689. The Bertz CT molecular complexity index is 851. The highest BCUT2D eigenvalue weighted by atomic mass is 16.2. The first-order valence-corrected chi connectivity index (χ1v) is 8.65. The van der Waals surface area contributed by atoms with Gasteiger partial charge in [0, 0.05) is 25.5 Å². The van der Waals surface area contributed by atoms with Crippen molar-refractivity contribution in [2.24, 2.45) is 0 Å². The van der Waals surface area contributed by atoms with E-state index in [-0.39, 0.29) is 12.5 Å². The smallest absolute Gasteiger partial charge is 0.320 e. The summed E-state index contributed by atoms with van der Waals surface area (Å²) < 4.78 is 2.52. The van der Waals surface area contributed by atoms with Crippen molar-refractivity contribution in [2.75, 3.05) is 13.1 Å².